The first-order valence-electron chi connectivity index (χ1n) is 6.09. The number of phenolic OH excluding ortho intramolecular Hbond substituents is 2. The number of rotatable bonds is 1. The standard InChI is InChI=1S/C13H16N2O2/c16-11-5-4-8-9(12(11)17)2-1-3-10(8)13-14-6-7-15-13/h4-5,10,16-17H,1-3,6-7H2,(H,14,15)/t10-/m0/s1. The zero-order valence-electron chi connectivity index (χ0n) is 9.61. The van der Waals surface area contributed by atoms with Gasteiger partial charge in [-0.3, -0.25) is 4.99 Å². The first kappa shape index (κ1) is 10.4. The van der Waals surface area contributed by atoms with Crippen molar-refractivity contribution in [2.75, 3.05) is 13.1 Å². The molecule has 1 aromatic rings. The number of phenols is 2. The number of hydrogen-bond donors (Lipinski definition) is 3. The number of benzene rings is 1. The minimum atomic E-state index is -0.0225. The summed E-state index contributed by atoms with van der Waals surface area (Å²) in [6, 6.07) is 3.48. The fraction of sp³-hybridized carbons (Fsp3) is 0.462. The molecule has 17 heavy (non-hydrogen) atoms. The quantitative estimate of drug-likeness (QED) is 0.643. The van der Waals surface area contributed by atoms with Crippen LogP contribution in [0.5, 0.6) is 11.5 Å². The van der Waals surface area contributed by atoms with Crippen molar-refractivity contribution in [1.82, 2.24) is 5.32 Å². The summed E-state index contributed by atoms with van der Waals surface area (Å²) in [5, 5.41) is 22.7. The fourth-order valence-electron chi connectivity index (χ4n) is 2.80. The highest BCUT2D eigenvalue weighted by Gasteiger charge is 2.28. The van der Waals surface area contributed by atoms with Crippen molar-refractivity contribution in [3.63, 3.8) is 0 Å². The molecule has 1 aliphatic carbocycles. The summed E-state index contributed by atoms with van der Waals surface area (Å²) in [5.74, 6) is 1.32. The highest BCUT2D eigenvalue weighted by Crippen LogP contribution is 2.41. The van der Waals surface area contributed by atoms with Gasteiger partial charge in [-0.2, -0.15) is 0 Å². The van der Waals surface area contributed by atoms with Crippen LogP contribution in [-0.2, 0) is 6.42 Å². The highest BCUT2D eigenvalue weighted by atomic mass is 16.3. The lowest BCUT2D eigenvalue weighted by molar-refractivity contribution is 0.395. The molecule has 0 aromatic heterocycles. The number of amidine groups is 1. The van der Waals surface area contributed by atoms with E-state index in [1.807, 2.05) is 6.07 Å². The van der Waals surface area contributed by atoms with Crippen molar-refractivity contribution in [1.29, 1.82) is 0 Å². The van der Waals surface area contributed by atoms with Gasteiger partial charge in [0.2, 0.25) is 0 Å². The smallest absolute Gasteiger partial charge is 0.160 e. The van der Waals surface area contributed by atoms with E-state index < -0.39 is 0 Å². The third kappa shape index (κ3) is 1.64. The van der Waals surface area contributed by atoms with E-state index in [9.17, 15) is 10.2 Å². The molecule has 1 aromatic carbocycles. The molecule has 3 N–H and O–H groups in total. The van der Waals surface area contributed by atoms with Crippen LogP contribution in [0.15, 0.2) is 17.1 Å². The average molecular weight is 232 g/mol. The summed E-state index contributed by atoms with van der Waals surface area (Å²) in [6.45, 7) is 1.75. The largest absolute Gasteiger partial charge is 0.504 e. The summed E-state index contributed by atoms with van der Waals surface area (Å²) in [6.07, 6.45) is 2.91. The second-order valence-electron chi connectivity index (χ2n) is 4.64. The number of aliphatic imine (C=N–C) groups is 1. The highest BCUT2D eigenvalue weighted by molar-refractivity contribution is 5.91. The van der Waals surface area contributed by atoms with E-state index in [0.717, 1.165) is 49.3 Å². The predicted molar refractivity (Wildman–Crippen MR) is 65.8 cm³/mol. The predicted octanol–water partition coefficient (Wildman–Crippen LogP) is 1.52. The number of aromatic hydroxyl groups is 2. The van der Waals surface area contributed by atoms with Crippen molar-refractivity contribution in [2.45, 2.75) is 25.2 Å². The first-order valence-corrected chi connectivity index (χ1v) is 6.09. The molecular weight excluding hydrogens is 216 g/mol. The first-order chi connectivity index (χ1) is 8.27. The molecule has 0 fully saturated rings. The molecule has 0 unspecified atom stereocenters. The maximum absolute atomic E-state index is 9.89. The van der Waals surface area contributed by atoms with Crippen molar-refractivity contribution in [3.8, 4) is 11.5 Å². The molecule has 1 aliphatic heterocycles. The maximum Gasteiger partial charge on any atom is 0.160 e. The van der Waals surface area contributed by atoms with Crippen LogP contribution in [0.2, 0.25) is 0 Å². The Morgan fingerprint density at radius 3 is 2.94 bits per heavy atom. The van der Waals surface area contributed by atoms with E-state index in [1.165, 1.54) is 0 Å². The van der Waals surface area contributed by atoms with Gasteiger partial charge >= 0.3 is 0 Å². The summed E-state index contributed by atoms with van der Waals surface area (Å²) in [4.78, 5) is 4.47. The van der Waals surface area contributed by atoms with Gasteiger partial charge in [0.05, 0.1) is 6.54 Å². The van der Waals surface area contributed by atoms with E-state index in [1.54, 1.807) is 6.07 Å². The molecule has 4 nitrogen and oxygen atoms in total. The molecule has 1 atom stereocenters. The van der Waals surface area contributed by atoms with Gasteiger partial charge in [-0.05, 0) is 30.9 Å². The van der Waals surface area contributed by atoms with Crippen molar-refractivity contribution < 1.29 is 10.2 Å². The molecule has 0 saturated heterocycles. The van der Waals surface area contributed by atoms with Crippen LogP contribution in [-0.4, -0.2) is 29.1 Å². The van der Waals surface area contributed by atoms with Crippen LogP contribution < -0.4 is 5.32 Å². The summed E-state index contributed by atoms with van der Waals surface area (Å²) in [7, 11) is 0. The van der Waals surface area contributed by atoms with Crippen molar-refractivity contribution in [3.05, 3.63) is 23.3 Å². The van der Waals surface area contributed by atoms with Gasteiger partial charge < -0.3 is 15.5 Å². The van der Waals surface area contributed by atoms with Crippen molar-refractivity contribution >= 4 is 5.84 Å². The van der Waals surface area contributed by atoms with E-state index in [2.05, 4.69) is 10.3 Å². The minimum Gasteiger partial charge on any atom is -0.504 e. The van der Waals surface area contributed by atoms with Crippen LogP contribution in [0.4, 0.5) is 0 Å². The molecule has 0 saturated carbocycles. The normalized spacial score (nSPS) is 22.8. The lowest BCUT2D eigenvalue weighted by Crippen LogP contribution is -2.28. The number of nitrogens with one attached hydrogen (secondary N) is 1. The molecule has 0 bridgehead atoms. The van der Waals surface area contributed by atoms with Crippen molar-refractivity contribution in [2.24, 2.45) is 4.99 Å². The third-order valence-electron chi connectivity index (χ3n) is 3.62. The van der Waals surface area contributed by atoms with E-state index in [0.29, 0.717) is 0 Å². The molecule has 0 amide bonds. The Bertz CT molecular complexity index is 483. The van der Waals surface area contributed by atoms with E-state index in [4.69, 9.17) is 0 Å². The Morgan fingerprint density at radius 2 is 2.18 bits per heavy atom. The van der Waals surface area contributed by atoms with E-state index >= 15 is 0 Å². The topological polar surface area (TPSA) is 64.8 Å². The Kier molecular flexibility index (Phi) is 2.42. The third-order valence-corrected chi connectivity index (χ3v) is 3.62. The lowest BCUT2D eigenvalue weighted by Gasteiger charge is -2.26. The van der Waals surface area contributed by atoms with Gasteiger partial charge in [0.25, 0.3) is 0 Å². The van der Waals surface area contributed by atoms with Gasteiger partial charge in [0.1, 0.15) is 5.84 Å². The Morgan fingerprint density at radius 1 is 1.29 bits per heavy atom. The van der Waals surface area contributed by atoms with Crippen LogP contribution in [0.25, 0.3) is 0 Å². The Hall–Kier alpha value is -1.71. The van der Waals surface area contributed by atoms with Gasteiger partial charge in [-0.1, -0.05) is 6.07 Å². The summed E-state index contributed by atoms with van der Waals surface area (Å²) >= 11 is 0. The molecule has 90 valence electrons. The monoisotopic (exact) mass is 232 g/mol. The summed E-state index contributed by atoms with van der Waals surface area (Å²) in [5.41, 5.74) is 2.00. The molecule has 1 heterocycles. The molecule has 4 heteroatoms. The van der Waals surface area contributed by atoms with E-state index in [-0.39, 0.29) is 17.4 Å². The van der Waals surface area contributed by atoms with Crippen LogP contribution >= 0.6 is 0 Å². The fourth-order valence-corrected chi connectivity index (χ4v) is 2.80. The average Bonchev–Trinajstić information content (AvgIpc) is 2.87. The van der Waals surface area contributed by atoms with Gasteiger partial charge in [-0.15, -0.1) is 0 Å². The number of hydrogen-bond acceptors (Lipinski definition) is 4. The molecule has 3 rings (SSSR count). The van der Waals surface area contributed by atoms with Gasteiger partial charge in [-0.25, -0.2) is 0 Å². The molecule has 0 spiro atoms. The second-order valence-corrected chi connectivity index (χ2v) is 4.64. The molecular formula is C13H16N2O2. The minimum absolute atomic E-state index is 0.0225. The Balaban J connectivity index is 2.05. The van der Waals surface area contributed by atoms with Crippen LogP contribution in [0.3, 0.4) is 0 Å². The maximum atomic E-state index is 9.89. The van der Waals surface area contributed by atoms with Crippen LogP contribution in [0, 0.1) is 0 Å². The summed E-state index contributed by atoms with van der Waals surface area (Å²) < 4.78 is 0. The molecule has 2 aliphatic rings. The zero-order valence-corrected chi connectivity index (χ0v) is 9.61. The van der Waals surface area contributed by atoms with Gasteiger partial charge in [0, 0.05) is 18.0 Å². The zero-order chi connectivity index (χ0) is 11.8. The van der Waals surface area contributed by atoms with Crippen LogP contribution in [0.1, 0.15) is 29.9 Å². The second kappa shape index (κ2) is 3.95. The SMILES string of the molecule is Oc1ccc2c(c1O)CCC[C@@H]2C1=NCCN1. The lowest BCUT2D eigenvalue weighted by atomic mass is 9.81. The number of fused-ring (bicyclic) bond motifs is 1. The van der Waals surface area contributed by atoms with Gasteiger partial charge in [0.15, 0.2) is 11.5 Å². The number of nitrogens with zero attached hydrogens (tertiary/aromatic N) is 1. The Labute approximate surface area is 100 Å². The molecule has 0 radical (unpaired) electrons.